The number of ether oxygens (including phenoxy) is 1. The van der Waals surface area contributed by atoms with Crippen LogP contribution in [0.2, 0.25) is 0 Å². The van der Waals surface area contributed by atoms with E-state index in [1.807, 2.05) is 39.0 Å². The molecule has 0 radical (unpaired) electrons. The van der Waals surface area contributed by atoms with Gasteiger partial charge in [-0.2, -0.15) is 0 Å². The number of aliphatic hydroxyl groups excluding tert-OH is 1. The standard InChI is InChI=1S/C11H16N2O.C5H10O2/c12-10-7-13(8-11(10)14)6-9-4-2-1-3-5-9;1-5(2,3)7-4-6/h1-5,10-11,14H,6-8,12H2;4H,1-3H3. The fraction of sp³-hybridized carbons (Fsp3) is 0.562. The Balaban J connectivity index is 0.000000270. The van der Waals surface area contributed by atoms with Gasteiger partial charge in [-0.3, -0.25) is 9.69 Å². The highest BCUT2D eigenvalue weighted by Crippen LogP contribution is 2.12. The zero-order valence-electron chi connectivity index (χ0n) is 13.0. The maximum Gasteiger partial charge on any atom is 0.293 e. The summed E-state index contributed by atoms with van der Waals surface area (Å²) in [5.41, 5.74) is 6.68. The lowest BCUT2D eigenvalue weighted by atomic mass is 10.2. The Morgan fingerprint density at radius 3 is 2.33 bits per heavy atom. The number of nitrogens with zero attached hydrogens (tertiary/aromatic N) is 1. The third-order valence-corrected chi connectivity index (χ3v) is 3.06. The van der Waals surface area contributed by atoms with E-state index in [-0.39, 0.29) is 17.7 Å². The minimum Gasteiger partial charge on any atom is -0.462 e. The van der Waals surface area contributed by atoms with Crippen molar-refractivity contribution in [3.63, 3.8) is 0 Å². The molecule has 3 N–H and O–H groups in total. The van der Waals surface area contributed by atoms with E-state index in [9.17, 15) is 9.90 Å². The summed E-state index contributed by atoms with van der Waals surface area (Å²) in [6.45, 7) is 8.28. The van der Waals surface area contributed by atoms with E-state index in [2.05, 4.69) is 21.8 Å². The van der Waals surface area contributed by atoms with Crippen LogP contribution in [0.5, 0.6) is 0 Å². The quantitative estimate of drug-likeness (QED) is 0.818. The van der Waals surface area contributed by atoms with Crippen LogP contribution >= 0.6 is 0 Å². The molecule has 21 heavy (non-hydrogen) atoms. The van der Waals surface area contributed by atoms with E-state index in [1.165, 1.54) is 5.56 Å². The Bertz CT molecular complexity index is 407. The molecular formula is C16H26N2O3. The summed E-state index contributed by atoms with van der Waals surface area (Å²) in [5, 5.41) is 9.48. The maximum absolute atomic E-state index is 9.60. The van der Waals surface area contributed by atoms with E-state index < -0.39 is 0 Å². The van der Waals surface area contributed by atoms with Gasteiger partial charge in [-0.25, -0.2) is 0 Å². The fourth-order valence-corrected chi connectivity index (χ4v) is 2.01. The van der Waals surface area contributed by atoms with Crippen molar-refractivity contribution < 1.29 is 14.6 Å². The summed E-state index contributed by atoms with van der Waals surface area (Å²) in [6, 6.07) is 10.2. The summed E-state index contributed by atoms with van der Waals surface area (Å²) in [7, 11) is 0. The molecule has 1 aliphatic heterocycles. The molecule has 1 fully saturated rings. The lowest BCUT2D eigenvalue weighted by Gasteiger charge is -2.14. The van der Waals surface area contributed by atoms with E-state index in [4.69, 9.17) is 5.73 Å². The van der Waals surface area contributed by atoms with Gasteiger partial charge in [-0.05, 0) is 26.3 Å². The molecule has 0 aliphatic carbocycles. The van der Waals surface area contributed by atoms with Crippen molar-refractivity contribution in [2.45, 2.75) is 45.1 Å². The number of aliphatic hydroxyl groups is 1. The number of carbonyl (C=O) groups is 1. The summed E-state index contributed by atoms with van der Waals surface area (Å²) < 4.78 is 4.55. The molecule has 1 saturated heterocycles. The predicted molar refractivity (Wildman–Crippen MR) is 82.6 cm³/mol. The Hall–Kier alpha value is -1.43. The summed E-state index contributed by atoms with van der Waals surface area (Å²) in [4.78, 5) is 11.8. The molecule has 0 spiro atoms. The van der Waals surface area contributed by atoms with Crippen molar-refractivity contribution in [1.29, 1.82) is 0 Å². The molecule has 1 aliphatic rings. The van der Waals surface area contributed by atoms with Gasteiger partial charge in [0.1, 0.15) is 5.60 Å². The van der Waals surface area contributed by atoms with Crippen LogP contribution in [0.15, 0.2) is 30.3 Å². The number of likely N-dealkylation sites (tertiary alicyclic amines) is 1. The second-order valence-corrected chi connectivity index (χ2v) is 6.24. The summed E-state index contributed by atoms with van der Waals surface area (Å²) in [5.74, 6) is 0. The minimum absolute atomic E-state index is 0.0845. The number of carbonyl (C=O) groups excluding carboxylic acids is 1. The van der Waals surface area contributed by atoms with Gasteiger partial charge in [-0.1, -0.05) is 30.3 Å². The first kappa shape index (κ1) is 17.6. The van der Waals surface area contributed by atoms with Crippen molar-refractivity contribution >= 4 is 6.47 Å². The fourth-order valence-electron chi connectivity index (χ4n) is 2.01. The van der Waals surface area contributed by atoms with Crippen molar-refractivity contribution in [2.24, 2.45) is 5.73 Å². The van der Waals surface area contributed by atoms with Gasteiger partial charge in [-0.15, -0.1) is 0 Å². The number of hydrogen-bond acceptors (Lipinski definition) is 5. The average Bonchev–Trinajstić information content (AvgIpc) is 2.68. The van der Waals surface area contributed by atoms with Crippen LogP contribution in [0.1, 0.15) is 26.3 Å². The normalized spacial score (nSPS) is 22.3. The third kappa shape index (κ3) is 7.22. The lowest BCUT2D eigenvalue weighted by Crippen LogP contribution is -2.32. The molecule has 5 heteroatoms. The Labute approximate surface area is 126 Å². The van der Waals surface area contributed by atoms with Gasteiger partial charge >= 0.3 is 0 Å². The van der Waals surface area contributed by atoms with Gasteiger partial charge in [0.25, 0.3) is 6.47 Å². The van der Waals surface area contributed by atoms with Crippen LogP contribution in [0.3, 0.4) is 0 Å². The topological polar surface area (TPSA) is 75.8 Å². The molecule has 118 valence electrons. The second-order valence-electron chi connectivity index (χ2n) is 6.24. The van der Waals surface area contributed by atoms with Crippen LogP contribution < -0.4 is 5.73 Å². The third-order valence-electron chi connectivity index (χ3n) is 3.06. The average molecular weight is 294 g/mol. The molecule has 0 amide bonds. The zero-order chi connectivity index (χ0) is 15.9. The molecule has 1 heterocycles. The van der Waals surface area contributed by atoms with Gasteiger partial charge in [0, 0.05) is 25.7 Å². The second kappa shape index (κ2) is 8.12. The lowest BCUT2D eigenvalue weighted by molar-refractivity contribution is -0.138. The van der Waals surface area contributed by atoms with Gasteiger partial charge in [0.15, 0.2) is 0 Å². The number of benzene rings is 1. The molecule has 1 aromatic rings. The van der Waals surface area contributed by atoms with Crippen LogP contribution in [-0.2, 0) is 16.1 Å². The van der Waals surface area contributed by atoms with E-state index >= 15 is 0 Å². The molecule has 0 bridgehead atoms. The van der Waals surface area contributed by atoms with E-state index in [0.29, 0.717) is 13.0 Å². The molecule has 2 rings (SSSR count). The Kier molecular flexibility index (Phi) is 6.81. The maximum atomic E-state index is 9.60. The number of rotatable bonds is 3. The number of hydrogen-bond donors (Lipinski definition) is 2. The first-order valence-electron chi connectivity index (χ1n) is 7.13. The highest BCUT2D eigenvalue weighted by Gasteiger charge is 2.27. The SMILES string of the molecule is CC(C)(C)OC=O.NC1CN(Cc2ccccc2)CC1O. The van der Waals surface area contributed by atoms with E-state index in [1.54, 1.807) is 0 Å². The Morgan fingerprint density at radius 1 is 1.33 bits per heavy atom. The highest BCUT2D eigenvalue weighted by molar-refractivity contribution is 5.37. The molecule has 0 aromatic heterocycles. The smallest absolute Gasteiger partial charge is 0.293 e. The highest BCUT2D eigenvalue weighted by atomic mass is 16.5. The van der Waals surface area contributed by atoms with Crippen molar-refractivity contribution in [3.8, 4) is 0 Å². The van der Waals surface area contributed by atoms with Crippen molar-refractivity contribution in [2.75, 3.05) is 13.1 Å². The van der Waals surface area contributed by atoms with Crippen molar-refractivity contribution in [1.82, 2.24) is 4.90 Å². The van der Waals surface area contributed by atoms with Crippen molar-refractivity contribution in [3.05, 3.63) is 35.9 Å². The summed E-state index contributed by atoms with van der Waals surface area (Å²) >= 11 is 0. The molecular weight excluding hydrogens is 268 g/mol. The van der Waals surface area contributed by atoms with Crippen LogP contribution in [0, 0.1) is 0 Å². The van der Waals surface area contributed by atoms with Gasteiger partial charge in [0.2, 0.25) is 0 Å². The van der Waals surface area contributed by atoms with E-state index in [0.717, 1.165) is 13.1 Å². The Morgan fingerprint density at radius 2 is 1.95 bits per heavy atom. The number of nitrogens with two attached hydrogens (primary N) is 1. The molecule has 2 unspecified atom stereocenters. The summed E-state index contributed by atoms with van der Waals surface area (Å²) in [6.07, 6.45) is -0.362. The van der Waals surface area contributed by atoms with Crippen LogP contribution in [0.4, 0.5) is 0 Å². The van der Waals surface area contributed by atoms with Crippen LogP contribution in [0.25, 0.3) is 0 Å². The van der Waals surface area contributed by atoms with Gasteiger partial charge < -0.3 is 15.6 Å². The molecule has 2 atom stereocenters. The largest absolute Gasteiger partial charge is 0.462 e. The zero-order valence-corrected chi connectivity index (χ0v) is 13.0. The van der Waals surface area contributed by atoms with Gasteiger partial charge in [0.05, 0.1) is 6.10 Å². The first-order valence-corrected chi connectivity index (χ1v) is 7.13. The molecule has 0 saturated carbocycles. The minimum atomic E-state index is -0.362. The van der Waals surface area contributed by atoms with Crippen LogP contribution in [-0.4, -0.2) is 47.3 Å². The predicted octanol–water partition coefficient (Wildman–Crippen LogP) is 1.15. The first-order chi connectivity index (χ1) is 9.81. The molecule has 1 aromatic carbocycles. The monoisotopic (exact) mass is 294 g/mol. The molecule has 5 nitrogen and oxygen atoms in total. The number of β-amino-alcohol motifs (C(OH)–C–C–N with tert-alkyl or cyclic N) is 1.